The van der Waals surface area contributed by atoms with E-state index in [0.717, 1.165) is 0 Å². The summed E-state index contributed by atoms with van der Waals surface area (Å²) in [4.78, 5) is 39.7. The van der Waals surface area contributed by atoms with E-state index in [4.69, 9.17) is 9.47 Å². The molecular formula is C27H23NO6. The Morgan fingerprint density at radius 2 is 1.56 bits per heavy atom. The quantitative estimate of drug-likeness (QED) is 0.254. The molecule has 1 atom stereocenters. The molecule has 3 aromatic rings. The van der Waals surface area contributed by atoms with Crippen LogP contribution in [0.15, 0.2) is 84.4 Å². The molecule has 0 aromatic heterocycles. The van der Waals surface area contributed by atoms with Crippen LogP contribution in [0.5, 0.6) is 5.75 Å². The molecule has 1 saturated heterocycles. The molecule has 34 heavy (non-hydrogen) atoms. The van der Waals surface area contributed by atoms with Crippen LogP contribution in [-0.4, -0.2) is 36.5 Å². The van der Waals surface area contributed by atoms with Gasteiger partial charge in [0.25, 0.3) is 11.7 Å². The molecule has 7 heteroatoms. The Hall–Kier alpha value is -4.39. The second kappa shape index (κ2) is 9.62. The van der Waals surface area contributed by atoms with E-state index >= 15 is 0 Å². The lowest BCUT2D eigenvalue weighted by atomic mass is 9.95. The minimum atomic E-state index is -0.875. The molecule has 172 valence electrons. The van der Waals surface area contributed by atoms with Gasteiger partial charge in [-0.15, -0.1) is 0 Å². The molecule has 1 aliphatic rings. The zero-order chi connectivity index (χ0) is 24.2. The largest absolute Gasteiger partial charge is 0.507 e. The Morgan fingerprint density at radius 1 is 0.912 bits per heavy atom. The predicted molar refractivity (Wildman–Crippen MR) is 127 cm³/mol. The summed E-state index contributed by atoms with van der Waals surface area (Å²) in [6.07, 6.45) is 0. The molecule has 1 heterocycles. The van der Waals surface area contributed by atoms with Crippen molar-refractivity contribution >= 4 is 29.1 Å². The van der Waals surface area contributed by atoms with E-state index in [1.54, 1.807) is 80.8 Å². The molecule has 0 bridgehead atoms. The van der Waals surface area contributed by atoms with E-state index in [9.17, 15) is 19.5 Å². The Bertz CT molecular complexity index is 1250. The van der Waals surface area contributed by atoms with Gasteiger partial charge in [-0.2, -0.15) is 0 Å². The number of Topliss-reactive ketones (excluding diaryl/α,β-unsaturated/α-hetero) is 1. The Morgan fingerprint density at radius 3 is 2.15 bits per heavy atom. The predicted octanol–water partition coefficient (Wildman–Crippen LogP) is 4.50. The summed E-state index contributed by atoms with van der Waals surface area (Å²) >= 11 is 0. The van der Waals surface area contributed by atoms with Gasteiger partial charge in [0.2, 0.25) is 0 Å². The lowest BCUT2D eigenvalue weighted by Gasteiger charge is -2.25. The number of rotatable bonds is 6. The first kappa shape index (κ1) is 22.8. The van der Waals surface area contributed by atoms with Crippen molar-refractivity contribution in [2.24, 2.45) is 0 Å². The number of aliphatic hydroxyl groups is 1. The fourth-order valence-corrected chi connectivity index (χ4v) is 3.92. The number of esters is 1. The third kappa shape index (κ3) is 4.15. The number of anilines is 1. The number of hydrogen-bond donors (Lipinski definition) is 1. The van der Waals surface area contributed by atoms with Crippen LogP contribution in [0.1, 0.15) is 34.5 Å². The third-order valence-electron chi connectivity index (χ3n) is 5.58. The van der Waals surface area contributed by atoms with Crippen LogP contribution in [-0.2, 0) is 14.3 Å². The van der Waals surface area contributed by atoms with E-state index < -0.39 is 23.7 Å². The van der Waals surface area contributed by atoms with E-state index in [0.29, 0.717) is 28.1 Å². The number of ether oxygens (including phenoxy) is 2. The first-order valence-corrected chi connectivity index (χ1v) is 10.7. The molecule has 0 unspecified atom stereocenters. The average Bonchev–Trinajstić information content (AvgIpc) is 3.14. The Balaban J connectivity index is 1.85. The molecule has 1 fully saturated rings. The number of methoxy groups -OCH3 is 1. The SMILES string of the molecule is CCOC(=O)c1ccc(N2C(=O)C(=O)C(=C(O)c3ccccc3)[C@@H]2c2ccc(OC)cc2)cc1. The van der Waals surface area contributed by atoms with Crippen molar-refractivity contribution in [1.82, 2.24) is 0 Å². The number of aliphatic hydroxyl groups excluding tert-OH is 1. The lowest BCUT2D eigenvalue weighted by Crippen LogP contribution is -2.29. The number of ketones is 1. The number of amides is 1. The highest BCUT2D eigenvalue weighted by Crippen LogP contribution is 2.42. The summed E-state index contributed by atoms with van der Waals surface area (Å²) in [6, 6.07) is 20.9. The topological polar surface area (TPSA) is 93.1 Å². The first-order chi connectivity index (χ1) is 16.5. The second-order valence-electron chi connectivity index (χ2n) is 7.58. The zero-order valence-corrected chi connectivity index (χ0v) is 18.7. The molecule has 7 nitrogen and oxygen atoms in total. The summed E-state index contributed by atoms with van der Waals surface area (Å²) in [7, 11) is 1.54. The average molecular weight is 457 g/mol. The third-order valence-corrected chi connectivity index (χ3v) is 5.58. The summed E-state index contributed by atoms with van der Waals surface area (Å²) in [5.74, 6) is -1.70. The molecule has 1 amide bonds. The number of carbonyl (C=O) groups is 3. The normalized spacial score (nSPS) is 17.0. The minimum absolute atomic E-state index is 0.0177. The van der Waals surface area contributed by atoms with Crippen LogP contribution >= 0.6 is 0 Å². The lowest BCUT2D eigenvalue weighted by molar-refractivity contribution is -0.132. The van der Waals surface area contributed by atoms with Gasteiger partial charge in [-0.1, -0.05) is 42.5 Å². The van der Waals surface area contributed by atoms with Crippen molar-refractivity contribution in [1.29, 1.82) is 0 Å². The molecule has 1 N–H and O–H groups in total. The van der Waals surface area contributed by atoms with Gasteiger partial charge in [-0.3, -0.25) is 14.5 Å². The number of benzene rings is 3. The standard InChI is InChI=1S/C27H23NO6/c1-3-34-27(32)19-9-13-20(14-10-19)28-23(17-11-15-21(33-2)16-12-17)22(25(30)26(28)31)24(29)18-7-5-4-6-8-18/h4-16,23,29H,3H2,1-2H3/t23-/m0/s1. The molecule has 3 aromatic carbocycles. The molecular weight excluding hydrogens is 434 g/mol. The Labute approximate surface area is 196 Å². The van der Waals surface area contributed by atoms with Crippen LogP contribution in [0.25, 0.3) is 5.76 Å². The van der Waals surface area contributed by atoms with Gasteiger partial charge in [0.15, 0.2) is 0 Å². The summed E-state index contributed by atoms with van der Waals surface area (Å²) in [5, 5.41) is 11.1. The van der Waals surface area contributed by atoms with Crippen molar-refractivity contribution < 1.29 is 29.0 Å². The van der Waals surface area contributed by atoms with Gasteiger partial charge in [-0.25, -0.2) is 4.79 Å². The summed E-state index contributed by atoms with van der Waals surface area (Å²) in [5.41, 5.74) is 1.76. The molecule has 0 aliphatic carbocycles. The highest BCUT2D eigenvalue weighted by atomic mass is 16.5. The second-order valence-corrected chi connectivity index (χ2v) is 7.58. The maximum absolute atomic E-state index is 13.2. The van der Waals surface area contributed by atoms with Crippen LogP contribution in [0.2, 0.25) is 0 Å². The number of carbonyl (C=O) groups excluding carboxylic acids is 3. The molecule has 1 aliphatic heterocycles. The zero-order valence-electron chi connectivity index (χ0n) is 18.7. The highest BCUT2D eigenvalue weighted by molar-refractivity contribution is 6.51. The van der Waals surface area contributed by atoms with E-state index in [1.165, 1.54) is 17.0 Å². The van der Waals surface area contributed by atoms with Gasteiger partial charge < -0.3 is 14.6 Å². The van der Waals surface area contributed by atoms with E-state index in [2.05, 4.69) is 0 Å². The summed E-state index contributed by atoms with van der Waals surface area (Å²) < 4.78 is 10.2. The maximum atomic E-state index is 13.2. The monoisotopic (exact) mass is 457 g/mol. The van der Waals surface area contributed by atoms with E-state index in [1.807, 2.05) is 0 Å². The fraction of sp³-hybridized carbons (Fsp3) is 0.148. The van der Waals surface area contributed by atoms with Gasteiger partial charge in [0, 0.05) is 11.3 Å². The van der Waals surface area contributed by atoms with E-state index in [-0.39, 0.29) is 17.9 Å². The van der Waals surface area contributed by atoms with Crippen LogP contribution in [0, 0.1) is 0 Å². The molecule has 0 spiro atoms. The van der Waals surface area contributed by atoms with Gasteiger partial charge in [-0.05, 0) is 48.9 Å². The Kier molecular flexibility index (Phi) is 6.45. The first-order valence-electron chi connectivity index (χ1n) is 10.7. The number of hydrogen-bond acceptors (Lipinski definition) is 6. The highest BCUT2D eigenvalue weighted by Gasteiger charge is 2.47. The summed E-state index contributed by atoms with van der Waals surface area (Å²) in [6.45, 7) is 1.96. The van der Waals surface area contributed by atoms with Gasteiger partial charge >= 0.3 is 5.97 Å². The van der Waals surface area contributed by atoms with Crippen LogP contribution in [0.4, 0.5) is 5.69 Å². The smallest absolute Gasteiger partial charge is 0.338 e. The van der Waals surface area contributed by atoms with Crippen LogP contribution < -0.4 is 9.64 Å². The minimum Gasteiger partial charge on any atom is -0.507 e. The van der Waals surface area contributed by atoms with Gasteiger partial charge in [0.05, 0.1) is 30.9 Å². The molecule has 4 rings (SSSR count). The van der Waals surface area contributed by atoms with Crippen molar-refractivity contribution in [3.63, 3.8) is 0 Å². The van der Waals surface area contributed by atoms with Gasteiger partial charge in [0.1, 0.15) is 11.5 Å². The van der Waals surface area contributed by atoms with Crippen molar-refractivity contribution in [3.05, 3.63) is 101 Å². The van der Waals surface area contributed by atoms with Crippen molar-refractivity contribution in [2.75, 3.05) is 18.6 Å². The molecule has 0 radical (unpaired) electrons. The van der Waals surface area contributed by atoms with Crippen molar-refractivity contribution in [2.45, 2.75) is 13.0 Å². The fourth-order valence-electron chi connectivity index (χ4n) is 3.92. The molecule has 0 saturated carbocycles. The number of nitrogens with zero attached hydrogens (tertiary/aromatic N) is 1. The van der Waals surface area contributed by atoms with Crippen molar-refractivity contribution in [3.8, 4) is 5.75 Å². The van der Waals surface area contributed by atoms with Crippen LogP contribution in [0.3, 0.4) is 0 Å². The maximum Gasteiger partial charge on any atom is 0.338 e.